The molecule has 1 aromatic carbocycles. The summed E-state index contributed by atoms with van der Waals surface area (Å²) in [6.45, 7) is 3.04. The smallest absolute Gasteiger partial charge is 0.387 e. The molecule has 0 fully saturated rings. The first-order chi connectivity index (χ1) is 11.4. The van der Waals surface area contributed by atoms with E-state index in [0.717, 1.165) is 19.1 Å². The molecule has 2 rings (SSSR count). The van der Waals surface area contributed by atoms with E-state index in [0.29, 0.717) is 29.3 Å². The van der Waals surface area contributed by atoms with Crippen LogP contribution in [0.4, 0.5) is 8.78 Å². The predicted molar refractivity (Wildman–Crippen MR) is 87.0 cm³/mol. The number of ether oxygens (including phenoxy) is 1. The Morgan fingerprint density at radius 1 is 1.25 bits per heavy atom. The van der Waals surface area contributed by atoms with Crippen LogP contribution in [0.25, 0.3) is 5.69 Å². The maximum atomic E-state index is 12.2. The maximum Gasteiger partial charge on any atom is 0.387 e. The van der Waals surface area contributed by atoms with Crippen LogP contribution in [0.2, 0.25) is 0 Å². The minimum atomic E-state index is -2.85. The first-order valence-corrected chi connectivity index (χ1v) is 7.46. The third-order valence-electron chi connectivity index (χ3n) is 3.23. The normalized spacial score (nSPS) is 10.5. The molecule has 132 valence electrons. The van der Waals surface area contributed by atoms with Gasteiger partial charge in [-0.3, -0.25) is 4.79 Å². The molecule has 0 spiro atoms. The van der Waals surface area contributed by atoms with Gasteiger partial charge < -0.3 is 9.84 Å². The van der Waals surface area contributed by atoms with Gasteiger partial charge in [0, 0.05) is 7.11 Å². The number of hydrogen-bond acceptors (Lipinski definition) is 4. The molecule has 1 aromatic heterocycles. The lowest BCUT2D eigenvalue weighted by atomic mass is 10.0. The summed E-state index contributed by atoms with van der Waals surface area (Å²) in [5.41, 5.74) is 2.76. The van der Waals surface area contributed by atoms with Gasteiger partial charge in [0.05, 0.1) is 22.6 Å². The second kappa shape index (κ2) is 9.12. The Bertz CT molecular complexity index is 653. The number of carbonyl (C=O) groups excluding carboxylic acids is 1. The molecule has 2 aromatic rings. The van der Waals surface area contributed by atoms with Crippen molar-refractivity contribution in [2.24, 2.45) is 5.92 Å². The van der Waals surface area contributed by atoms with Crippen molar-refractivity contribution < 1.29 is 23.4 Å². The number of hydrogen-bond donors (Lipinski definition) is 1. The topological polar surface area (TPSA) is 64.3 Å². The van der Waals surface area contributed by atoms with Gasteiger partial charge in [-0.05, 0) is 43.5 Å². The number of carbonyl (C=O) groups is 1. The third kappa shape index (κ3) is 4.86. The largest absolute Gasteiger partial charge is 0.435 e. The average Bonchev–Trinajstić information content (AvgIpc) is 2.84. The van der Waals surface area contributed by atoms with Gasteiger partial charge in [0.2, 0.25) is 0 Å². The van der Waals surface area contributed by atoms with Crippen LogP contribution in [0.1, 0.15) is 35.6 Å². The number of aromatic nitrogens is 2. The van der Waals surface area contributed by atoms with E-state index in [4.69, 9.17) is 5.11 Å². The van der Waals surface area contributed by atoms with Crippen LogP contribution in [0, 0.1) is 12.8 Å². The average molecular weight is 340 g/mol. The van der Waals surface area contributed by atoms with Crippen molar-refractivity contribution in [2.75, 3.05) is 7.11 Å². The summed E-state index contributed by atoms with van der Waals surface area (Å²) < 4.78 is 30.4. The number of aryl methyl sites for hydroxylation is 1. The zero-order chi connectivity index (χ0) is 18.3. The number of halogens is 2. The Labute approximate surface area is 139 Å². The molecule has 1 N–H and O–H groups in total. The summed E-state index contributed by atoms with van der Waals surface area (Å²) in [6.07, 6.45) is 1.51. The highest BCUT2D eigenvalue weighted by Crippen LogP contribution is 2.22. The van der Waals surface area contributed by atoms with Crippen molar-refractivity contribution >= 4 is 6.29 Å². The Hall–Kier alpha value is -2.28. The van der Waals surface area contributed by atoms with Gasteiger partial charge in [0.15, 0.2) is 6.29 Å². The Balaban J connectivity index is 0.00000139. The Kier molecular flexibility index (Phi) is 7.51. The SMILES string of the molecule is CO.Cc1nn(-c2ccc(OC(F)F)cc2)c(CC(C)C)c1C=O. The molecule has 0 aliphatic rings. The summed E-state index contributed by atoms with van der Waals surface area (Å²) in [7, 11) is 1.00. The molecule has 0 aliphatic heterocycles. The first kappa shape index (κ1) is 19.8. The lowest BCUT2D eigenvalue weighted by Crippen LogP contribution is -2.07. The van der Waals surface area contributed by atoms with E-state index in [1.807, 2.05) is 0 Å². The quantitative estimate of drug-likeness (QED) is 0.819. The highest BCUT2D eigenvalue weighted by molar-refractivity contribution is 5.78. The fraction of sp³-hybridized carbons (Fsp3) is 0.412. The van der Waals surface area contributed by atoms with Crippen LogP contribution in [0.5, 0.6) is 5.75 Å². The molecule has 0 saturated carbocycles. The summed E-state index contributed by atoms with van der Waals surface area (Å²) in [4.78, 5) is 11.3. The molecular formula is C17H22F2N2O3. The van der Waals surface area contributed by atoms with Crippen LogP contribution in [0.3, 0.4) is 0 Å². The predicted octanol–water partition coefficient (Wildman–Crippen LogP) is 3.40. The number of aliphatic hydroxyl groups is 1. The molecule has 0 bridgehead atoms. The van der Waals surface area contributed by atoms with Gasteiger partial charge in [-0.25, -0.2) is 4.68 Å². The van der Waals surface area contributed by atoms with Gasteiger partial charge in [0.1, 0.15) is 5.75 Å². The molecule has 0 aliphatic carbocycles. The van der Waals surface area contributed by atoms with Crippen molar-refractivity contribution in [3.8, 4) is 11.4 Å². The molecule has 1 heterocycles. The molecule has 0 radical (unpaired) electrons. The Morgan fingerprint density at radius 3 is 2.29 bits per heavy atom. The van der Waals surface area contributed by atoms with E-state index in [9.17, 15) is 13.6 Å². The van der Waals surface area contributed by atoms with E-state index in [-0.39, 0.29) is 5.75 Å². The van der Waals surface area contributed by atoms with Crippen LogP contribution in [0.15, 0.2) is 24.3 Å². The summed E-state index contributed by atoms with van der Waals surface area (Å²) in [5.74, 6) is 0.443. The Morgan fingerprint density at radius 2 is 1.83 bits per heavy atom. The van der Waals surface area contributed by atoms with Gasteiger partial charge in [-0.15, -0.1) is 0 Å². The van der Waals surface area contributed by atoms with E-state index >= 15 is 0 Å². The standard InChI is InChI=1S/C16H18F2N2O2.CH4O/c1-10(2)8-15-14(9-21)11(3)19-20(15)12-4-6-13(7-5-12)22-16(17)18;1-2/h4-7,9-10,16H,8H2,1-3H3;2H,1H3. The number of nitrogens with zero attached hydrogens (tertiary/aromatic N) is 2. The van der Waals surface area contributed by atoms with Gasteiger partial charge >= 0.3 is 6.61 Å². The van der Waals surface area contributed by atoms with Gasteiger partial charge in [-0.1, -0.05) is 13.8 Å². The number of aliphatic hydroxyl groups excluding tert-OH is 1. The molecule has 0 atom stereocenters. The van der Waals surface area contributed by atoms with Crippen molar-refractivity contribution in [1.82, 2.24) is 9.78 Å². The summed E-state index contributed by atoms with van der Waals surface area (Å²) >= 11 is 0. The fourth-order valence-electron chi connectivity index (χ4n) is 2.31. The van der Waals surface area contributed by atoms with Gasteiger partial charge in [-0.2, -0.15) is 13.9 Å². The maximum absolute atomic E-state index is 12.2. The molecule has 5 nitrogen and oxygen atoms in total. The zero-order valence-electron chi connectivity index (χ0n) is 14.2. The highest BCUT2D eigenvalue weighted by atomic mass is 19.3. The fourth-order valence-corrected chi connectivity index (χ4v) is 2.31. The minimum absolute atomic E-state index is 0.0867. The molecule has 0 amide bonds. The molecule has 0 unspecified atom stereocenters. The van der Waals surface area contributed by atoms with Crippen LogP contribution in [-0.2, 0) is 6.42 Å². The molecule has 0 saturated heterocycles. The third-order valence-corrected chi connectivity index (χ3v) is 3.23. The first-order valence-electron chi connectivity index (χ1n) is 7.46. The lowest BCUT2D eigenvalue weighted by molar-refractivity contribution is -0.0498. The van der Waals surface area contributed by atoms with E-state index in [1.165, 1.54) is 12.1 Å². The van der Waals surface area contributed by atoms with Crippen molar-refractivity contribution in [1.29, 1.82) is 0 Å². The number of aldehydes is 1. The minimum Gasteiger partial charge on any atom is -0.435 e. The van der Waals surface area contributed by atoms with Gasteiger partial charge in [0.25, 0.3) is 0 Å². The number of rotatable bonds is 6. The molecular weight excluding hydrogens is 318 g/mol. The van der Waals surface area contributed by atoms with Crippen molar-refractivity contribution in [3.63, 3.8) is 0 Å². The van der Waals surface area contributed by atoms with E-state index in [1.54, 1.807) is 23.7 Å². The monoisotopic (exact) mass is 340 g/mol. The van der Waals surface area contributed by atoms with Crippen molar-refractivity contribution in [3.05, 3.63) is 41.2 Å². The lowest BCUT2D eigenvalue weighted by Gasteiger charge is -2.11. The molecule has 24 heavy (non-hydrogen) atoms. The number of benzene rings is 1. The second-order valence-electron chi connectivity index (χ2n) is 5.45. The second-order valence-corrected chi connectivity index (χ2v) is 5.45. The van der Waals surface area contributed by atoms with Crippen LogP contribution >= 0.6 is 0 Å². The molecule has 7 heteroatoms. The van der Waals surface area contributed by atoms with E-state index < -0.39 is 6.61 Å². The summed E-state index contributed by atoms with van der Waals surface area (Å²) in [6, 6.07) is 6.20. The highest BCUT2D eigenvalue weighted by Gasteiger charge is 2.17. The van der Waals surface area contributed by atoms with Crippen molar-refractivity contribution in [2.45, 2.75) is 33.8 Å². The van der Waals surface area contributed by atoms with Crippen LogP contribution < -0.4 is 4.74 Å². The summed E-state index contributed by atoms with van der Waals surface area (Å²) in [5, 5.41) is 11.4. The zero-order valence-corrected chi connectivity index (χ0v) is 14.2. The number of alkyl halides is 2. The van der Waals surface area contributed by atoms with Crippen LogP contribution in [-0.4, -0.2) is 34.9 Å². The van der Waals surface area contributed by atoms with E-state index in [2.05, 4.69) is 23.7 Å².